The number of benzene rings is 1. The van der Waals surface area contributed by atoms with Crippen LogP contribution in [0.4, 0.5) is 0 Å². The van der Waals surface area contributed by atoms with Gasteiger partial charge in [0.05, 0.1) is 5.75 Å². The van der Waals surface area contributed by atoms with E-state index < -0.39 is 5.97 Å². The topological polar surface area (TPSA) is 68.0 Å². The largest absolute Gasteiger partial charge is 0.481 e. The van der Waals surface area contributed by atoms with Gasteiger partial charge in [-0.15, -0.1) is 10.2 Å². The molecule has 0 fully saturated rings. The highest BCUT2D eigenvalue weighted by molar-refractivity contribution is 7.99. The number of hydrogen-bond donors (Lipinski definition) is 1. The van der Waals surface area contributed by atoms with E-state index in [1.54, 1.807) is 0 Å². The molecule has 0 amide bonds. The van der Waals surface area contributed by atoms with Gasteiger partial charge in [-0.2, -0.15) is 0 Å². The number of halogens is 1. The lowest BCUT2D eigenvalue weighted by atomic mass is 10.1. The summed E-state index contributed by atoms with van der Waals surface area (Å²) >= 11 is 7.19. The zero-order chi connectivity index (χ0) is 14.7. The van der Waals surface area contributed by atoms with Crippen molar-refractivity contribution in [3.05, 3.63) is 28.8 Å². The molecule has 0 aliphatic heterocycles. The van der Waals surface area contributed by atoms with Gasteiger partial charge in [0.15, 0.2) is 11.0 Å². The summed E-state index contributed by atoms with van der Waals surface area (Å²) in [6.45, 7) is 4.57. The van der Waals surface area contributed by atoms with E-state index in [4.69, 9.17) is 16.7 Å². The first-order valence-electron chi connectivity index (χ1n) is 6.07. The van der Waals surface area contributed by atoms with Crippen LogP contribution in [0, 0.1) is 6.92 Å². The lowest BCUT2D eigenvalue weighted by Crippen LogP contribution is -2.03. The Bertz CT molecular complexity index is 643. The summed E-state index contributed by atoms with van der Waals surface area (Å²) in [6, 6.07) is 5.66. The van der Waals surface area contributed by atoms with Gasteiger partial charge in [-0.05, 0) is 37.6 Å². The molecule has 0 saturated heterocycles. The Hall–Kier alpha value is -1.53. The monoisotopic (exact) mass is 311 g/mol. The quantitative estimate of drug-likeness (QED) is 0.859. The minimum atomic E-state index is -0.871. The van der Waals surface area contributed by atoms with Crippen LogP contribution < -0.4 is 0 Å². The van der Waals surface area contributed by atoms with E-state index in [0.29, 0.717) is 16.7 Å². The molecule has 1 aromatic heterocycles. The molecule has 2 rings (SSSR count). The van der Waals surface area contributed by atoms with Gasteiger partial charge in [0.2, 0.25) is 0 Å². The predicted octanol–water partition coefficient (Wildman–Crippen LogP) is 3.10. The molecule has 2 aromatic rings. The van der Waals surface area contributed by atoms with E-state index in [2.05, 4.69) is 10.2 Å². The maximum Gasteiger partial charge on any atom is 0.313 e. The van der Waals surface area contributed by atoms with Crippen LogP contribution >= 0.6 is 23.4 Å². The lowest BCUT2D eigenvalue weighted by molar-refractivity contribution is -0.133. The van der Waals surface area contributed by atoms with Gasteiger partial charge < -0.3 is 9.67 Å². The maximum absolute atomic E-state index is 10.6. The number of aromatic nitrogens is 3. The lowest BCUT2D eigenvalue weighted by Gasteiger charge is -2.07. The van der Waals surface area contributed by atoms with Gasteiger partial charge in [-0.1, -0.05) is 23.4 Å². The van der Waals surface area contributed by atoms with Crippen molar-refractivity contribution in [1.82, 2.24) is 14.8 Å². The van der Waals surface area contributed by atoms with E-state index in [-0.39, 0.29) is 5.75 Å². The van der Waals surface area contributed by atoms with Gasteiger partial charge in [0, 0.05) is 17.1 Å². The van der Waals surface area contributed by atoms with Crippen LogP contribution in [0.25, 0.3) is 11.4 Å². The second-order valence-corrected chi connectivity index (χ2v) is 5.55. The van der Waals surface area contributed by atoms with Crippen LogP contribution in [0.5, 0.6) is 0 Å². The number of aliphatic carboxylic acids is 1. The third-order valence-electron chi connectivity index (χ3n) is 2.77. The van der Waals surface area contributed by atoms with Crippen LogP contribution in [0.3, 0.4) is 0 Å². The molecule has 20 heavy (non-hydrogen) atoms. The first-order chi connectivity index (χ1) is 9.52. The Kier molecular flexibility index (Phi) is 4.67. The van der Waals surface area contributed by atoms with Gasteiger partial charge in [0.25, 0.3) is 0 Å². The molecule has 0 spiro atoms. The summed E-state index contributed by atoms with van der Waals surface area (Å²) in [5, 5.41) is 18.3. The van der Waals surface area contributed by atoms with Crippen molar-refractivity contribution in [3.8, 4) is 11.4 Å². The van der Waals surface area contributed by atoms with Gasteiger partial charge in [-0.25, -0.2) is 0 Å². The second kappa shape index (κ2) is 6.28. The third-order valence-corrected chi connectivity index (χ3v) is 4.15. The Morgan fingerprint density at radius 2 is 2.20 bits per heavy atom. The van der Waals surface area contributed by atoms with Gasteiger partial charge in [-0.3, -0.25) is 4.79 Å². The van der Waals surface area contributed by atoms with Crippen LogP contribution in [-0.2, 0) is 11.3 Å². The average molecular weight is 312 g/mol. The number of carbonyl (C=O) groups is 1. The molecule has 106 valence electrons. The fourth-order valence-corrected chi connectivity index (χ4v) is 2.64. The van der Waals surface area contributed by atoms with E-state index >= 15 is 0 Å². The fourth-order valence-electron chi connectivity index (χ4n) is 1.80. The SMILES string of the molecule is CCn1c(SCC(=O)O)nnc1-c1ccc(Cl)c(C)c1. The molecule has 1 heterocycles. The molecular formula is C13H14ClN3O2S. The predicted molar refractivity (Wildman–Crippen MR) is 79.2 cm³/mol. The highest BCUT2D eigenvalue weighted by Crippen LogP contribution is 2.26. The molecule has 0 aliphatic carbocycles. The van der Waals surface area contributed by atoms with E-state index in [1.165, 1.54) is 11.8 Å². The highest BCUT2D eigenvalue weighted by Gasteiger charge is 2.14. The number of hydrogen-bond acceptors (Lipinski definition) is 4. The van der Waals surface area contributed by atoms with Crippen molar-refractivity contribution in [3.63, 3.8) is 0 Å². The molecule has 0 aliphatic rings. The molecule has 7 heteroatoms. The van der Waals surface area contributed by atoms with Crippen molar-refractivity contribution >= 4 is 29.3 Å². The first kappa shape index (κ1) is 14.9. The minimum absolute atomic E-state index is 0.0300. The molecule has 0 unspecified atom stereocenters. The zero-order valence-electron chi connectivity index (χ0n) is 11.1. The zero-order valence-corrected chi connectivity index (χ0v) is 12.7. The van der Waals surface area contributed by atoms with E-state index in [9.17, 15) is 4.79 Å². The molecule has 0 bridgehead atoms. The van der Waals surface area contributed by atoms with Crippen LogP contribution in [0.1, 0.15) is 12.5 Å². The molecule has 1 N–H and O–H groups in total. The Morgan fingerprint density at radius 3 is 2.80 bits per heavy atom. The second-order valence-electron chi connectivity index (χ2n) is 4.20. The summed E-state index contributed by atoms with van der Waals surface area (Å²) in [5.41, 5.74) is 1.89. The minimum Gasteiger partial charge on any atom is -0.481 e. The van der Waals surface area contributed by atoms with E-state index in [1.807, 2.05) is 36.6 Å². The number of rotatable bonds is 5. The smallest absolute Gasteiger partial charge is 0.313 e. The van der Waals surface area contributed by atoms with Crippen LogP contribution in [0.2, 0.25) is 5.02 Å². The van der Waals surface area contributed by atoms with Crippen LogP contribution in [-0.4, -0.2) is 31.6 Å². The molecular weight excluding hydrogens is 298 g/mol. The number of aryl methyl sites for hydroxylation is 1. The Morgan fingerprint density at radius 1 is 1.45 bits per heavy atom. The summed E-state index contributed by atoms with van der Waals surface area (Å²) in [6.07, 6.45) is 0. The van der Waals surface area contributed by atoms with Crippen LogP contribution in [0.15, 0.2) is 23.4 Å². The first-order valence-corrected chi connectivity index (χ1v) is 7.43. The summed E-state index contributed by atoms with van der Waals surface area (Å²) < 4.78 is 1.90. The maximum atomic E-state index is 10.6. The van der Waals surface area contributed by atoms with Crippen molar-refractivity contribution in [2.24, 2.45) is 0 Å². The van der Waals surface area contributed by atoms with Crippen molar-refractivity contribution in [1.29, 1.82) is 0 Å². The molecule has 0 atom stereocenters. The summed E-state index contributed by atoms with van der Waals surface area (Å²) in [7, 11) is 0. The normalized spacial score (nSPS) is 10.8. The summed E-state index contributed by atoms with van der Waals surface area (Å²) in [5.74, 6) is -0.178. The van der Waals surface area contributed by atoms with Crippen molar-refractivity contribution in [2.45, 2.75) is 25.5 Å². The Labute approximate surface area is 126 Å². The highest BCUT2D eigenvalue weighted by atomic mass is 35.5. The molecule has 1 aromatic carbocycles. The molecule has 0 radical (unpaired) electrons. The number of nitrogens with zero attached hydrogens (tertiary/aromatic N) is 3. The molecule has 0 saturated carbocycles. The van der Waals surface area contributed by atoms with Gasteiger partial charge in [0.1, 0.15) is 0 Å². The molecule has 5 nitrogen and oxygen atoms in total. The number of carboxylic acid groups (broad SMARTS) is 1. The fraction of sp³-hybridized carbons (Fsp3) is 0.308. The van der Waals surface area contributed by atoms with E-state index in [0.717, 1.165) is 17.0 Å². The van der Waals surface area contributed by atoms with Gasteiger partial charge >= 0.3 is 5.97 Å². The standard InChI is InChI=1S/C13H14ClN3O2S/c1-3-17-12(9-4-5-10(14)8(2)6-9)15-16-13(17)20-7-11(18)19/h4-6H,3,7H2,1-2H3,(H,18,19). The third kappa shape index (κ3) is 3.13. The van der Waals surface area contributed by atoms with Crippen molar-refractivity contribution < 1.29 is 9.90 Å². The number of thioether (sulfide) groups is 1. The van der Waals surface area contributed by atoms with Crippen molar-refractivity contribution in [2.75, 3.05) is 5.75 Å². The Balaban J connectivity index is 2.36. The summed E-state index contributed by atoms with van der Waals surface area (Å²) in [4.78, 5) is 10.6. The average Bonchev–Trinajstić information content (AvgIpc) is 2.82. The number of carboxylic acids is 1.